The first-order chi connectivity index (χ1) is 20.3. The molecule has 0 radical (unpaired) electrons. The van der Waals surface area contributed by atoms with E-state index in [4.69, 9.17) is 15.0 Å². The Morgan fingerprint density at radius 1 is 0.512 bits per heavy atom. The quantitative estimate of drug-likeness (QED) is 0.235. The van der Waals surface area contributed by atoms with Crippen LogP contribution in [0.5, 0.6) is 0 Å². The van der Waals surface area contributed by atoms with E-state index < -0.39 is 0 Å². The summed E-state index contributed by atoms with van der Waals surface area (Å²) in [7, 11) is 0. The number of nitriles is 2. The van der Waals surface area contributed by atoms with E-state index in [0.717, 1.165) is 38.5 Å². The van der Waals surface area contributed by atoms with Crippen molar-refractivity contribution < 1.29 is 0 Å². The lowest BCUT2D eigenvalue weighted by atomic mass is 9.92. The Kier molecular flexibility index (Phi) is 5.78. The second kappa shape index (κ2) is 9.89. The lowest BCUT2D eigenvalue weighted by Gasteiger charge is -2.12. The molecule has 190 valence electrons. The monoisotopic (exact) mass is 524 g/mol. The molecule has 0 atom stereocenters. The minimum absolute atomic E-state index is 0.450. The zero-order chi connectivity index (χ0) is 27.8. The molecule has 5 aromatic carbocycles. The topological polar surface area (TPSA) is 91.2 Å². The van der Waals surface area contributed by atoms with E-state index in [1.54, 1.807) is 18.2 Å². The molecule has 0 N–H and O–H groups in total. The van der Waals surface area contributed by atoms with Gasteiger partial charge in [0.05, 0.1) is 34.3 Å². The number of nitrogens with zero attached hydrogens (tertiary/aromatic N) is 6. The van der Waals surface area contributed by atoms with Gasteiger partial charge >= 0.3 is 0 Å². The smallest absolute Gasteiger partial charge is 0.238 e. The largest absolute Gasteiger partial charge is 0.278 e. The Morgan fingerprint density at radius 3 is 1.66 bits per heavy atom. The standard InChI is InChI=1S/C35H20N6/c36-21-25-15-9-16-26(22-37)31(25)28-18-10-20-30-32(28)27-17-7-8-19-29(27)41(30)35-39-33(23-11-3-1-4-12-23)38-34(40-35)24-13-5-2-6-14-24/h1-20H. The fourth-order valence-electron chi connectivity index (χ4n) is 5.37. The molecule has 0 saturated carbocycles. The van der Waals surface area contributed by atoms with Crippen LogP contribution in [0.15, 0.2) is 121 Å². The minimum Gasteiger partial charge on any atom is -0.278 e. The van der Waals surface area contributed by atoms with E-state index in [1.165, 1.54) is 0 Å². The van der Waals surface area contributed by atoms with Crippen LogP contribution in [0, 0.1) is 22.7 Å². The van der Waals surface area contributed by atoms with E-state index in [2.05, 4.69) is 18.2 Å². The van der Waals surface area contributed by atoms with Gasteiger partial charge in [0.2, 0.25) is 5.95 Å². The summed E-state index contributed by atoms with van der Waals surface area (Å²) in [5.41, 5.74) is 5.88. The van der Waals surface area contributed by atoms with Crippen molar-refractivity contribution >= 4 is 21.8 Å². The first-order valence-electron chi connectivity index (χ1n) is 13.1. The number of benzene rings is 5. The van der Waals surface area contributed by atoms with Crippen LogP contribution in [0.1, 0.15) is 11.1 Å². The summed E-state index contributed by atoms with van der Waals surface area (Å²) in [5.74, 6) is 1.62. The Bertz CT molecular complexity index is 2080. The van der Waals surface area contributed by atoms with Crippen LogP contribution in [0.4, 0.5) is 0 Å². The summed E-state index contributed by atoms with van der Waals surface area (Å²) in [5, 5.41) is 21.8. The number of para-hydroxylation sites is 1. The van der Waals surface area contributed by atoms with Gasteiger partial charge in [-0.1, -0.05) is 97.1 Å². The lowest BCUT2D eigenvalue weighted by Crippen LogP contribution is -2.06. The average molecular weight is 525 g/mol. The van der Waals surface area contributed by atoms with Gasteiger partial charge in [-0.05, 0) is 29.8 Å². The van der Waals surface area contributed by atoms with Crippen LogP contribution in [0.25, 0.3) is 61.7 Å². The van der Waals surface area contributed by atoms with Crippen molar-refractivity contribution in [2.75, 3.05) is 0 Å². The highest BCUT2D eigenvalue weighted by Crippen LogP contribution is 2.40. The van der Waals surface area contributed by atoms with Crippen molar-refractivity contribution in [2.24, 2.45) is 0 Å². The maximum Gasteiger partial charge on any atom is 0.238 e. The first kappa shape index (κ1) is 24.0. The van der Waals surface area contributed by atoms with Crippen molar-refractivity contribution in [3.8, 4) is 52.0 Å². The Morgan fingerprint density at radius 2 is 1.05 bits per heavy atom. The third kappa shape index (κ3) is 3.99. The highest BCUT2D eigenvalue weighted by atomic mass is 15.2. The molecule has 0 amide bonds. The summed E-state index contributed by atoms with van der Waals surface area (Å²) >= 11 is 0. The van der Waals surface area contributed by atoms with E-state index in [9.17, 15) is 10.5 Å². The van der Waals surface area contributed by atoms with Gasteiger partial charge in [0.15, 0.2) is 11.6 Å². The van der Waals surface area contributed by atoms with E-state index in [0.29, 0.717) is 34.3 Å². The van der Waals surface area contributed by atoms with Gasteiger partial charge in [0, 0.05) is 27.5 Å². The number of hydrogen-bond acceptors (Lipinski definition) is 5. The van der Waals surface area contributed by atoms with Crippen molar-refractivity contribution in [2.45, 2.75) is 0 Å². The van der Waals surface area contributed by atoms with Gasteiger partial charge in [-0.3, -0.25) is 4.57 Å². The van der Waals surface area contributed by atoms with Crippen LogP contribution < -0.4 is 0 Å². The van der Waals surface area contributed by atoms with Gasteiger partial charge < -0.3 is 0 Å². The van der Waals surface area contributed by atoms with Gasteiger partial charge in [-0.2, -0.15) is 20.5 Å². The summed E-state index contributed by atoms with van der Waals surface area (Å²) in [6, 6.07) is 43.5. The van der Waals surface area contributed by atoms with Gasteiger partial charge in [-0.15, -0.1) is 0 Å². The Balaban J connectivity index is 1.59. The SMILES string of the molecule is N#Cc1cccc(C#N)c1-c1cccc2c1c1ccccc1n2-c1nc(-c2ccccc2)nc(-c2ccccc2)n1. The van der Waals surface area contributed by atoms with Crippen molar-refractivity contribution in [1.82, 2.24) is 19.5 Å². The van der Waals surface area contributed by atoms with Crippen LogP contribution in [-0.4, -0.2) is 19.5 Å². The predicted octanol–water partition coefficient (Wildman–Crippen LogP) is 7.71. The maximum atomic E-state index is 9.95. The molecule has 7 rings (SSSR count). The minimum atomic E-state index is 0.450. The van der Waals surface area contributed by atoms with Gasteiger partial charge in [0.25, 0.3) is 0 Å². The highest BCUT2D eigenvalue weighted by Gasteiger charge is 2.21. The maximum absolute atomic E-state index is 9.95. The molecule has 0 aliphatic heterocycles. The van der Waals surface area contributed by atoms with Crippen molar-refractivity contribution in [1.29, 1.82) is 10.5 Å². The molecular weight excluding hydrogens is 504 g/mol. The summed E-state index contributed by atoms with van der Waals surface area (Å²) in [4.78, 5) is 14.8. The normalized spacial score (nSPS) is 10.9. The zero-order valence-electron chi connectivity index (χ0n) is 21.7. The molecule has 0 unspecified atom stereocenters. The van der Waals surface area contributed by atoms with Crippen LogP contribution in [-0.2, 0) is 0 Å². The third-order valence-corrected chi connectivity index (χ3v) is 7.16. The molecule has 6 heteroatoms. The molecule has 0 aliphatic rings. The summed E-state index contributed by atoms with van der Waals surface area (Å²) in [6.07, 6.45) is 0. The average Bonchev–Trinajstić information content (AvgIpc) is 3.39. The molecule has 2 aromatic heterocycles. The molecule has 2 heterocycles. The fraction of sp³-hybridized carbons (Fsp3) is 0. The lowest BCUT2D eigenvalue weighted by molar-refractivity contribution is 0.953. The van der Waals surface area contributed by atoms with E-state index in [-0.39, 0.29) is 0 Å². The van der Waals surface area contributed by atoms with Crippen molar-refractivity contribution in [3.63, 3.8) is 0 Å². The molecule has 0 spiro atoms. The van der Waals surface area contributed by atoms with Gasteiger partial charge in [0.1, 0.15) is 0 Å². The molecule has 0 bridgehead atoms. The molecule has 0 aliphatic carbocycles. The molecule has 0 fully saturated rings. The molecule has 7 aromatic rings. The van der Waals surface area contributed by atoms with E-state index >= 15 is 0 Å². The number of fused-ring (bicyclic) bond motifs is 3. The third-order valence-electron chi connectivity index (χ3n) is 7.16. The number of rotatable bonds is 4. The summed E-state index contributed by atoms with van der Waals surface area (Å²) < 4.78 is 2.04. The van der Waals surface area contributed by atoms with Crippen LogP contribution >= 0.6 is 0 Å². The number of aromatic nitrogens is 4. The van der Waals surface area contributed by atoms with Crippen LogP contribution in [0.2, 0.25) is 0 Å². The molecular formula is C35H20N6. The van der Waals surface area contributed by atoms with E-state index in [1.807, 2.05) is 102 Å². The molecule has 0 saturated heterocycles. The Labute approximate surface area is 236 Å². The van der Waals surface area contributed by atoms with Gasteiger partial charge in [-0.25, -0.2) is 4.98 Å². The predicted molar refractivity (Wildman–Crippen MR) is 160 cm³/mol. The first-order valence-corrected chi connectivity index (χ1v) is 13.1. The second-order valence-electron chi connectivity index (χ2n) is 9.52. The highest BCUT2D eigenvalue weighted by molar-refractivity contribution is 6.16. The molecule has 41 heavy (non-hydrogen) atoms. The zero-order valence-corrected chi connectivity index (χ0v) is 21.7. The van der Waals surface area contributed by atoms with Crippen molar-refractivity contribution in [3.05, 3.63) is 132 Å². The fourth-order valence-corrected chi connectivity index (χ4v) is 5.37. The molecule has 6 nitrogen and oxygen atoms in total. The summed E-state index contributed by atoms with van der Waals surface area (Å²) in [6.45, 7) is 0. The second-order valence-corrected chi connectivity index (χ2v) is 9.52. The van der Waals surface area contributed by atoms with Crippen LogP contribution in [0.3, 0.4) is 0 Å². The number of hydrogen-bond donors (Lipinski definition) is 0. The Hall–Kier alpha value is -6.11.